The molecule has 0 unspecified atom stereocenters. The molecule has 4 aromatic rings. The molecule has 3 heterocycles. The first-order chi connectivity index (χ1) is 34.0. The molecule has 4 amide bonds. The largest absolute Gasteiger partial charge is 0.489 e. The van der Waals surface area contributed by atoms with Crippen molar-refractivity contribution in [3.8, 4) is 22.3 Å². The predicted molar refractivity (Wildman–Crippen MR) is 279 cm³/mol. The highest BCUT2D eigenvalue weighted by atomic mass is 35.5. The van der Waals surface area contributed by atoms with Gasteiger partial charge in [0.25, 0.3) is 5.91 Å². The zero-order chi connectivity index (χ0) is 52.3. The van der Waals surface area contributed by atoms with Gasteiger partial charge in [-0.05, 0) is 79.6 Å². The molecule has 72 heavy (non-hydrogen) atoms. The molecule has 3 fully saturated rings. The van der Waals surface area contributed by atoms with Gasteiger partial charge >= 0.3 is 0 Å². The lowest BCUT2D eigenvalue weighted by Gasteiger charge is -2.63. The molecule has 3 aromatic carbocycles. The van der Waals surface area contributed by atoms with E-state index in [2.05, 4.69) is 59.6 Å². The van der Waals surface area contributed by atoms with Crippen LogP contribution in [0.25, 0.3) is 10.4 Å². The number of amides is 4. The fraction of sp³-hybridized carbons (Fsp3) is 0.527. The van der Waals surface area contributed by atoms with E-state index < -0.39 is 29.5 Å². The number of benzene rings is 3. The zero-order valence-electron chi connectivity index (χ0n) is 43.0. The maximum atomic E-state index is 14.3. The van der Waals surface area contributed by atoms with Crippen LogP contribution in [0.5, 0.6) is 5.75 Å². The minimum Gasteiger partial charge on any atom is -0.489 e. The Morgan fingerprint density at radius 2 is 1.68 bits per heavy atom. The summed E-state index contributed by atoms with van der Waals surface area (Å²) in [5.74, 6) is -0.699. The van der Waals surface area contributed by atoms with Crippen LogP contribution in [0.3, 0.4) is 0 Å². The Morgan fingerprint density at radius 1 is 0.986 bits per heavy atom. The number of nitrogens with one attached hydrogen (secondary N) is 3. The molecule has 15 nitrogen and oxygen atoms in total. The molecule has 3 aliphatic rings. The first kappa shape index (κ1) is 54.4. The standard InChI is InChI=1S/C55H71ClN8O7S/c1-33(36-16-18-37(19-17-36)46-34(2)58-32-72-46)59-49(69)44-25-41(66)29-64(44)50(70)47(53(3,4)5)60-45(67)30-62-23-24-63(40(28-62)31-65)22-10-11-35-12-14-38(15-13-35)48(68)61-51-54(6,7)52(55(51,8)9)71-42-21-20-39(27-57)43(56)26-42/h12-21,26,32-33,40-41,44,47,51-52,65-66H,10-11,22-25,28-31H2,1-9H3,(H,59,69)(H,60,67)(H,61,68)/t33-,40-,41+,44-,47+,51-,52-/m0/s1. The van der Waals surface area contributed by atoms with Gasteiger partial charge in [-0.3, -0.25) is 29.0 Å². The molecular weight excluding hydrogens is 952 g/mol. The molecule has 2 saturated heterocycles. The molecular formula is C55H71ClN8O7S. The van der Waals surface area contributed by atoms with Crippen molar-refractivity contribution in [3.63, 3.8) is 0 Å². The molecule has 5 atom stereocenters. The molecule has 0 spiro atoms. The zero-order valence-corrected chi connectivity index (χ0v) is 44.6. The number of hydrogen-bond donors (Lipinski definition) is 5. The molecule has 0 radical (unpaired) electrons. The third kappa shape index (κ3) is 12.2. The number of aliphatic hydroxyl groups is 2. The van der Waals surface area contributed by atoms with Gasteiger partial charge in [0.15, 0.2) is 0 Å². The number of aromatic nitrogens is 1. The fourth-order valence-electron chi connectivity index (χ4n) is 11.1. The molecule has 0 bridgehead atoms. The van der Waals surface area contributed by atoms with Crippen LogP contribution < -0.4 is 20.7 Å². The maximum Gasteiger partial charge on any atom is 0.251 e. The highest BCUT2D eigenvalue weighted by Gasteiger charge is 2.64. The van der Waals surface area contributed by atoms with E-state index in [-0.39, 0.29) is 78.9 Å². The Kier molecular flexibility index (Phi) is 16.9. The summed E-state index contributed by atoms with van der Waals surface area (Å²) in [7, 11) is 0. The van der Waals surface area contributed by atoms with Gasteiger partial charge in [0.1, 0.15) is 30.0 Å². The second-order valence-electron chi connectivity index (χ2n) is 22.1. The number of β-amino-alcohol motifs (C(OH)–C–C–N with tert-alkyl or cyclic N) is 1. The van der Waals surface area contributed by atoms with E-state index >= 15 is 0 Å². The van der Waals surface area contributed by atoms with Gasteiger partial charge in [-0.15, -0.1) is 11.3 Å². The Balaban J connectivity index is 0.862. The SMILES string of the molecule is Cc1ncsc1-c1ccc([C@H](C)NC(=O)[C@@H]2C[C@@H](O)CN2C(=O)[C@@H](NC(=O)CN2CCN(CCCc3ccc(C(=O)N[C@H]4C(C)(C)[C@H](Oc5ccc(C#N)c(Cl)c5)C4(C)C)cc3)[C@H](CO)C2)C(C)(C)C)cc1. The summed E-state index contributed by atoms with van der Waals surface area (Å²) in [6, 6.07) is 20.2. The van der Waals surface area contributed by atoms with E-state index in [1.165, 1.54) is 4.90 Å². The lowest BCUT2D eigenvalue weighted by atomic mass is 9.49. The van der Waals surface area contributed by atoms with Gasteiger partial charge in [-0.2, -0.15) is 5.26 Å². The highest BCUT2D eigenvalue weighted by molar-refractivity contribution is 7.13. The average Bonchev–Trinajstić information content (AvgIpc) is 3.96. The molecule has 17 heteroatoms. The minimum absolute atomic E-state index is 0.0187. The van der Waals surface area contributed by atoms with Crippen LogP contribution in [0.1, 0.15) is 107 Å². The average molecular weight is 1020 g/mol. The summed E-state index contributed by atoms with van der Waals surface area (Å²) in [5, 5.41) is 40.1. The van der Waals surface area contributed by atoms with Crippen molar-refractivity contribution in [2.75, 3.05) is 45.9 Å². The summed E-state index contributed by atoms with van der Waals surface area (Å²) < 4.78 is 6.38. The number of ether oxygens (including phenoxy) is 1. The van der Waals surface area contributed by atoms with Gasteiger partial charge in [-0.1, -0.05) is 96.5 Å². The number of carbonyl (C=O) groups excluding carboxylic acids is 4. The summed E-state index contributed by atoms with van der Waals surface area (Å²) in [5.41, 5.74) is 5.29. The molecule has 1 saturated carbocycles. The summed E-state index contributed by atoms with van der Waals surface area (Å²) in [4.78, 5) is 66.4. The van der Waals surface area contributed by atoms with Crippen molar-refractivity contribution in [2.45, 2.75) is 124 Å². The van der Waals surface area contributed by atoms with Crippen LogP contribution in [0, 0.1) is 34.5 Å². The van der Waals surface area contributed by atoms with Crippen LogP contribution in [0.2, 0.25) is 5.02 Å². The van der Waals surface area contributed by atoms with Crippen LogP contribution in [-0.2, 0) is 20.8 Å². The summed E-state index contributed by atoms with van der Waals surface area (Å²) in [6.45, 7) is 20.1. The van der Waals surface area contributed by atoms with Crippen molar-refractivity contribution >= 4 is 46.6 Å². The van der Waals surface area contributed by atoms with Crippen LogP contribution in [0.4, 0.5) is 0 Å². The Morgan fingerprint density at radius 3 is 2.29 bits per heavy atom. The second-order valence-corrected chi connectivity index (χ2v) is 23.4. The normalized spacial score (nSPS) is 22.8. The fourth-order valence-corrected chi connectivity index (χ4v) is 12.1. The van der Waals surface area contributed by atoms with Gasteiger partial charge in [-0.25, -0.2) is 4.98 Å². The smallest absolute Gasteiger partial charge is 0.251 e. The van der Waals surface area contributed by atoms with Gasteiger partial charge in [0, 0.05) is 67.1 Å². The van der Waals surface area contributed by atoms with E-state index in [0.717, 1.165) is 46.6 Å². The predicted octanol–water partition coefficient (Wildman–Crippen LogP) is 6.54. The lowest BCUT2D eigenvalue weighted by molar-refractivity contribution is -0.164. The van der Waals surface area contributed by atoms with E-state index in [0.29, 0.717) is 41.5 Å². The van der Waals surface area contributed by atoms with Crippen molar-refractivity contribution in [2.24, 2.45) is 16.2 Å². The number of aryl methyl sites for hydroxylation is 2. The van der Waals surface area contributed by atoms with E-state index in [1.54, 1.807) is 29.5 Å². The number of nitriles is 1. The number of aliphatic hydroxyl groups excluding tert-OH is 2. The third-order valence-corrected chi connectivity index (χ3v) is 16.2. The van der Waals surface area contributed by atoms with E-state index in [1.807, 2.05) is 93.6 Å². The van der Waals surface area contributed by atoms with Crippen LogP contribution in [-0.4, -0.2) is 136 Å². The number of likely N-dealkylation sites (tertiary alicyclic amines) is 1. The highest BCUT2D eigenvalue weighted by Crippen LogP contribution is 2.55. The van der Waals surface area contributed by atoms with Gasteiger partial charge in [0.05, 0.1) is 52.0 Å². The molecule has 2 aliphatic heterocycles. The summed E-state index contributed by atoms with van der Waals surface area (Å²) in [6.07, 6.45) is 0.608. The first-order valence-corrected chi connectivity index (χ1v) is 26.2. The monoisotopic (exact) mass is 1020 g/mol. The lowest BCUT2D eigenvalue weighted by Crippen LogP contribution is -2.74. The number of carbonyl (C=O) groups is 4. The van der Waals surface area contributed by atoms with Crippen molar-refractivity contribution in [3.05, 3.63) is 105 Å². The minimum atomic E-state index is -0.957. The van der Waals surface area contributed by atoms with Crippen molar-refractivity contribution < 1.29 is 34.1 Å². The molecule has 7 rings (SSSR count). The summed E-state index contributed by atoms with van der Waals surface area (Å²) >= 11 is 7.84. The Hall–Kier alpha value is -5.41. The molecule has 1 aliphatic carbocycles. The van der Waals surface area contributed by atoms with Gasteiger partial charge in [0.2, 0.25) is 17.7 Å². The maximum absolute atomic E-state index is 14.3. The van der Waals surface area contributed by atoms with Gasteiger partial charge < -0.3 is 35.8 Å². The number of rotatable bonds is 17. The Labute approximate surface area is 433 Å². The number of nitrogens with zero attached hydrogens (tertiary/aromatic N) is 5. The second kappa shape index (κ2) is 22.4. The number of halogens is 1. The quantitative estimate of drug-likeness (QED) is 0.0770. The first-order valence-electron chi connectivity index (χ1n) is 24.9. The van der Waals surface area contributed by atoms with E-state index in [4.69, 9.17) is 16.3 Å². The number of thiazole rings is 1. The topological polar surface area (TPSA) is 200 Å². The van der Waals surface area contributed by atoms with Crippen LogP contribution in [0.15, 0.2) is 72.2 Å². The third-order valence-electron chi connectivity index (χ3n) is 14.9. The molecule has 5 N–H and O–H groups in total. The van der Waals surface area contributed by atoms with Crippen LogP contribution >= 0.6 is 22.9 Å². The van der Waals surface area contributed by atoms with Crippen molar-refractivity contribution in [1.29, 1.82) is 5.26 Å². The number of piperazine rings is 1. The molecule has 386 valence electrons. The van der Waals surface area contributed by atoms with E-state index in [9.17, 15) is 34.7 Å². The van der Waals surface area contributed by atoms with Crippen molar-refractivity contribution in [1.82, 2.24) is 35.6 Å². The number of hydrogen-bond acceptors (Lipinski definition) is 12. The Bertz CT molecular complexity index is 2610. The molecule has 1 aromatic heterocycles.